The summed E-state index contributed by atoms with van der Waals surface area (Å²) >= 11 is 0. The molecule has 5 heteroatoms. The number of aliphatic imine (C=N–C) groups is 1. The molecule has 1 aliphatic carbocycles. The summed E-state index contributed by atoms with van der Waals surface area (Å²) in [5.74, 6) is 1.17. The second kappa shape index (κ2) is 7.27. The Morgan fingerprint density at radius 2 is 2.00 bits per heavy atom. The molecule has 2 fully saturated rings. The number of morpholine rings is 1. The van der Waals surface area contributed by atoms with Crippen LogP contribution < -0.4 is 5.73 Å². The Morgan fingerprint density at radius 3 is 2.83 bits per heavy atom. The number of hydrogen-bond acceptors (Lipinski definition) is 2. The van der Waals surface area contributed by atoms with Crippen LogP contribution in [0.3, 0.4) is 0 Å². The zero-order chi connectivity index (χ0) is 15.8. The maximum atomic E-state index is 6.22. The molecule has 2 aromatic carbocycles. The smallest absolute Gasteiger partial charge is 0.191 e. The molecule has 1 saturated carbocycles. The summed E-state index contributed by atoms with van der Waals surface area (Å²) in [7, 11) is 0. The number of benzene rings is 2. The van der Waals surface area contributed by atoms with Crippen molar-refractivity contribution in [3.05, 3.63) is 48.0 Å². The number of halogens is 1. The standard InChI is InChI=1S/C19H23N3O.HI/c1-13-12-22(9-10-23-13)19(20)21-18-11-17(18)16-8-4-6-14-5-2-3-7-15(14)16;/h2-8,13,17-18H,9-12H2,1H3,(H2,20,21);1H/t13?,17-,18+;/m0./s1. The zero-order valence-electron chi connectivity index (χ0n) is 13.9. The first-order valence-corrected chi connectivity index (χ1v) is 8.40. The van der Waals surface area contributed by atoms with Gasteiger partial charge in [0, 0.05) is 19.0 Å². The van der Waals surface area contributed by atoms with Crippen LogP contribution in [0.1, 0.15) is 24.8 Å². The third-order valence-electron chi connectivity index (χ3n) is 4.84. The summed E-state index contributed by atoms with van der Waals surface area (Å²) in [4.78, 5) is 6.92. The summed E-state index contributed by atoms with van der Waals surface area (Å²) in [6.07, 6.45) is 1.32. The molecule has 0 radical (unpaired) electrons. The van der Waals surface area contributed by atoms with Gasteiger partial charge in [-0.2, -0.15) is 0 Å². The molecule has 1 aliphatic heterocycles. The molecule has 1 heterocycles. The minimum atomic E-state index is 0. The molecule has 0 spiro atoms. The second-order valence-electron chi connectivity index (χ2n) is 6.59. The first-order chi connectivity index (χ1) is 11.2. The van der Waals surface area contributed by atoms with Crippen LogP contribution in [0.25, 0.3) is 10.8 Å². The average molecular weight is 437 g/mol. The van der Waals surface area contributed by atoms with E-state index in [-0.39, 0.29) is 30.1 Å². The Morgan fingerprint density at radius 1 is 1.21 bits per heavy atom. The van der Waals surface area contributed by atoms with Gasteiger partial charge in [-0.1, -0.05) is 42.5 Å². The molecule has 2 aromatic rings. The molecule has 0 bridgehead atoms. The molecule has 2 N–H and O–H groups in total. The van der Waals surface area contributed by atoms with Crippen molar-refractivity contribution in [2.24, 2.45) is 10.7 Å². The fourth-order valence-corrected chi connectivity index (χ4v) is 3.51. The normalized spacial score (nSPS) is 27.0. The van der Waals surface area contributed by atoms with Crippen LogP contribution in [0.5, 0.6) is 0 Å². The predicted octanol–water partition coefficient (Wildman–Crippen LogP) is 3.35. The highest BCUT2D eigenvalue weighted by atomic mass is 127. The predicted molar refractivity (Wildman–Crippen MR) is 109 cm³/mol. The third kappa shape index (κ3) is 3.52. The van der Waals surface area contributed by atoms with Crippen LogP contribution >= 0.6 is 24.0 Å². The molecular formula is C19H24IN3O. The molecule has 0 amide bonds. The van der Waals surface area contributed by atoms with Crippen LogP contribution in [0.4, 0.5) is 0 Å². The molecule has 4 rings (SSSR count). The minimum Gasteiger partial charge on any atom is -0.375 e. The number of rotatable bonds is 2. The van der Waals surface area contributed by atoms with E-state index in [1.54, 1.807) is 0 Å². The third-order valence-corrected chi connectivity index (χ3v) is 4.84. The van der Waals surface area contributed by atoms with Gasteiger partial charge < -0.3 is 15.4 Å². The van der Waals surface area contributed by atoms with E-state index in [9.17, 15) is 0 Å². The summed E-state index contributed by atoms with van der Waals surface area (Å²) in [5.41, 5.74) is 7.63. The molecule has 1 saturated heterocycles. The Labute approximate surface area is 160 Å². The van der Waals surface area contributed by atoms with Gasteiger partial charge in [-0.3, -0.25) is 0 Å². The Kier molecular flexibility index (Phi) is 5.30. The summed E-state index contributed by atoms with van der Waals surface area (Å²) in [6, 6.07) is 15.4. The lowest BCUT2D eigenvalue weighted by molar-refractivity contribution is 0.00528. The van der Waals surface area contributed by atoms with Crippen molar-refractivity contribution < 1.29 is 4.74 Å². The quantitative estimate of drug-likeness (QED) is 0.446. The molecule has 1 unspecified atom stereocenters. The maximum Gasteiger partial charge on any atom is 0.191 e. The van der Waals surface area contributed by atoms with E-state index in [4.69, 9.17) is 15.5 Å². The van der Waals surface area contributed by atoms with E-state index in [1.165, 1.54) is 16.3 Å². The Bertz CT molecular complexity index is 743. The van der Waals surface area contributed by atoms with Crippen LogP contribution in [-0.4, -0.2) is 42.7 Å². The molecule has 4 nitrogen and oxygen atoms in total. The fourth-order valence-electron chi connectivity index (χ4n) is 3.51. The Hall–Kier alpha value is -1.34. The highest BCUT2D eigenvalue weighted by Gasteiger charge is 2.39. The van der Waals surface area contributed by atoms with Crippen molar-refractivity contribution in [3.63, 3.8) is 0 Å². The van der Waals surface area contributed by atoms with Gasteiger partial charge in [0.1, 0.15) is 0 Å². The first kappa shape index (κ1) is 17.5. The SMILES string of the molecule is CC1CN(C(N)=N[C@@H]2C[C@H]2c2cccc3ccccc23)CCO1.I. The van der Waals surface area contributed by atoms with Crippen molar-refractivity contribution in [2.75, 3.05) is 19.7 Å². The van der Waals surface area contributed by atoms with Crippen molar-refractivity contribution in [3.8, 4) is 0 Å². The van der Waals surface area contributed by atoms with E-state index in [0.29, 0.717) is 17.9 Å². The first-order valence-electron chi connectivity index (χ1n) is 8.40. The number of fused-ring (bicyclic) bond motifs is 1. The van der Waals surface area contributed by atoms with Gasteiger partial charge in [0.25, 0.3) is 0 Å². The summed E-state index contributed by atoms with van der Waals surface area (Å²) < 4.78 is 5.57. The molecule has 128 valence electrons. The van der Waals surface area contributed by atoms with Crippen molar-refractivity contribution in [1.29, 1.82) is 0 Å². The summed E-state index contributed by atoms with van der Waals surface area (Å²) in [5, 5.41) is 2.64. The largest absolute Gasteiger partial charge is 0.375 e. The summed E-state index contributed by atoms with van der Waals surface area (Å²) in [6.45, 7) is 4.48. The van der Waals surface area contributed by atoms with Crippen LogP contribution in [0.15, 0.2) is 47.5 Å². The van der Waals surface area contributed by atoms with Gasteiger partial charge in [-0.05, 0) is 29.7 Å². The monoisotopic (exact) mass is 437 g/mol. The van der Waals surface area contributed by atoms with E-state index in [2.05, 4.69) is 54.3 Å². The Balaban J connectivity index is 0.00000169. The van der Waals surface area contributed by atoms with Gasteiger partial charge in [0.05, 0.1) is 18.8 Å². The molecular weight excluding hydrogens is 413 g/mol. The molecule has 0 aromatic heterocycles. The number of nitrogens with two attached hydrogens (primary N) is 1. The number of ether oxygens (including phenoxy) is 1. The fraction of sp³-hybridized carbons (Fsp3) is 0.421. The van der Waals surface area contributed by atoms with E-state index in [1.807, 2.05) is 0 Å². The number of guanidine groups is 1. The van der Waals surface area contributed by atoms with Crippen molar-refractivity contribution >= 4 is 40.7 Å². The van der Waals surface area contributed by atoms with Gasteiger partial charge in [-0.15, -0.1) is 24.0 Å². The molecule has 2 aliphatic rings. The van der Waals surface area contributed by atoms with Crippen LogP contribution in [0.2, 0.25) is 0 Å². The van der Waals surface area contributed by atoms with E-state index < -0.39 is 0 Å². The lowest BCUT2D eigenvalue weighted by Gasteiger charge is -2.31. The maximum absolute atomic E-state index is 6.22. The van der Waals surface area contributed by atoms with Gasteiger partial charge in [-0.25, -0.2) is 4.99 Å². The van der Waals surface area contributed by atoms with Gasteiger partial charge in [0.15, 0.2) is 5.96 Å². The lowest BCUT2D eigenvalue weighted by Crippen LogP contribution is -2.48. The minimum absolute atomic E-state index is 0. The molecule has 3 atom stereocenters. The highest BCUT2D eigenvalue weighted by Crippen LogP contribution is 2.45. The van der Waals surface area contributed by atoms with Crippen molar-refractivity contribution in [1.82, 2.24) is 4.90 Å². The van der Waals surface area contributed by atoms with Crippen molar-refractivity contribution in [2.45, 2.75) is 31.4 Å². The lowest BCUT2D eigenvalue weighted by atomic mass is 10.0. The van der Waals surface area contributed by atoms with Crippen LogP contribution in [0, 0.1) is 0 Å². The zero-order valence-corrected chi connectivity index (χ0v) is 16.2. The number of nitrogens with zero attached hydrogens (tertiary/aromatic N) is 2. The topological polar surface area (TPSA) is 50.8 Å². The van der Waals surface area contributed by atoms with Crippen LogP contribution in [-0.2, 0) is 4.74 Å². The van der Waals surface area contributed by atoms with Gasteiger partial charge >= 0.3 is 0 Å². The van der Waals surface area contributed by atoms with E-state index >= 15 is 0 Å². The second-order valence-corrected chi connectivity index (χ2v) is 6.59. The number of hydrogen-bond donors (Lipinski definition) is 1. The average Bonchev–Trinajstić information content (AvgIpc) is 3.33. The highest BCUT2D eigenvalue weighted by molar-refractivity contribution is 14.0. The van der Waals surface area contributed by atoms with Gasteiger partial charge in [0.2, 0.25) is 0 Å². The molecule has 24 heavy (non-hydrogen) atoms. The van der Waals surface area contributed by atoms with E-state index in [0.717, 1.165) is 26.1 Å².